The Morgan fingerprint density at radius 1 is 1.21 bits per heavy atom. The molecule has 2 unspecified atom stereocenters. The molecule has 0 saturated carbocycles. The predicted octanol–water partition coefficient (Wildman–Crippen LogP) is 1.53. The molecule has 7 heteroatoms. The zero-order chi connectivity index (χ0) is 20.1. The summed E-state index contributed by atoms with van der Waals surface area (Å²) in [6.07, 6.45) is 1.85. The second kappa shape index (κ2) is 9.05. The molecule has 0 radical (unpaired) electrons. The number of aliphatic hydroxyl groups excluding tert-OH is 2. The molecule has 2 aromatic carbocycles. The lowest BCUT2D eigenvalue weighted by molar-refractivity contribution is -0.139. The Hall–Kier alpha value is -2.61. The Labute approximate surface area is 163 Å². The smallest absolute Gasteiger partial charge is 0.341 e. The standard InChI is InChI=1S/C21H25NO6/c23-11-16-7-14(3-6-19(16)24)20(25)10-22-17-4-1-13-2-5-18(9-15(13)8-17)28-12-21(26)27/h2-3,5-7,9,17,20,22-25H,1,4,8,10-12H2,(H,26,27). The molecule has 5 N–H and O–H groups in total. The molecule has 150 valence electrons. The van der Waals surface area contributed by atoms with Crippen LogP contribution in [0.25, 0.3) is 0 Å². The molecule has 1 aliphatic rings. The van der Waals surface area contributed by atoms with Gasteiger partial charge in [-0.2, -0.15) is 0 Å². The zero-order valence-electron chi connectivity index (χ0n) is 15.5. The van der Waals surface area contributed by atoms with Gasteiger partial charge in [-0.25, -0.2) is 4.79 Å². The maximum absolute atomic E-state index is 10.7. The van der Waals surface area contributed by atoms with Crippen molar-refractivity contribution in [1.29, 1.82) is 0 Å². The van der Waals surface area contributed by atoms with Gasteiger partial charge in [0.15, 0.2) is 6.61 Å². The van der Waals surface area contributed by atoms with E-state index in [1.807, 2.05) is 12.1 Å². The van der Waals surface area contributed by atoms with Gasteiger partial charge in [0.2, 0.25) is 0 Å². The van der Waals surface area contributed by atoms with Crippen LogP contribution in [0.5, 0.6) is 11.5 Å². The summed E-state index contributed by atoms with van der Waals surface area (Å²) in [5, 5.41) is 41.4. The first-order valence-electron chi connectivity index (χ1n) is 9.26. The summed E-state index contributed by atoms with van der Waals surface area (Å²) < 4.78 is 5.26. The van der Waals surface area contributed by atoms with Gasteiger partial charge < -0.3 is 30.5 Å². The van der Waals surface area contributed by atoms with Gasteiger partial charge in [0.25, 0.3) is 0 Å². The van der Waals surface area contributed by atoms with Crippen LogP contribution < -0.4 is 10.1 Å². The Morgan fingerprint density at radius 2 is 2.04 bits per heavy atom. The van der Waals surface area contributed by atoms with E-state index in [4.69, 9.17) is 9.84 Å². The molecule has 1 aliphatic carbocycles. The van der Waals surface area contributed by atoms with Crippen LogP contribution >= 0.6 is 0 Å². The van der Waals surface area contributed by atoms with E-state index in [1.165, 1.54) is 11.6 Å². The van der Waals surface area contributed by atoms with E-state index in [0.29, 0.717) is 23.4 Å². The van der Waals surface area contributed by atoms with Crippen LogP contribution in [0.4, 0.5) is 0 Å². The highest BCUT2D eigenvalue weighted by molar-refractivity contribution is 5.68. The minimum atomic E-state index is -1.01. The third kappa shape index (κ3) is 5.01. The van der Waals surface area contributed by atoms with Crippen LogP contribution in [0.15, 0.2) is 36.4 Å². The molecule has 0 bridgehead atoms. The highest BCUT2D eigenvalue weighted by atomic mass is 16.5. The summed E-state index contributed by atoms with van der Waals surface area (Å²) in [7, 11) is 0. The number of ether oxygens (including phenoxy) is 1. The third-order valence-corrected chi connectivity index (χ3v) is 5.03. The van der Waals surface area contributed by atoms with Crippen molar-refractivity contribution in [2.45, 2.75) is 38.0 Å². The van der Waals surface area contributed by atoms with Crippen LogP contribution in [0, 0.1) is 0 Å². The average molecular weight is 387 g/mol. The molecule has 0 aromatic heterocycles. The molecule has 28 heavy (non-hydrogen) atoms. The average Bonchev–Trinajstić information content (AvgIpc) is 2.70. The first kappa shape index (κ1) is 20.1. The van der Waals surface area contributed by atoms with Gasteiger partial charge >= 0.3 is 5.97 Å². The number of aryl methyl sites for hydroxylation is 1. The normalized spacial score (nSPS) is 17.0. The molecule has 3 rings (SSSR count). The number of rotatable bonds is 8. The fourth-order valence-corrected chi connectivity index (χ4v) is 3.48. The van der Waals surface area contributed by atoms with Crippen molar-refractivity contribution in [2.24, 2.45) is 0 Å². The molecular weight excluding hydrogens is 362 g/mol. The summed E-state index contributed by atoms with van der Waals surface area (Å²) in [5.74, 6) is -0.455. The van der Waals surface area contributed by atoms with Crippen molar-refractivity contribution in [3.05, 3.63) is 58.7 Å². The monoisotopic (exact) mass is 387 g/mol. The lowest BCUT2D eigenvalue weighted by Crippen LogP contribution is -2.37. The molecule has 0 heterocycles. The largest absolute Gasteiger partial charge is 0.508 e. The number of fused-ring (bicyclic) bond motifs is 1. The van der Waals surface area contributed by atoms with E-state index in [-0.39, 0.29) is 25.0 Å². The summed E-state index contributed by atoms with van der Waals surface area (Å²) in [4.78, 5) is 10.7. The van der Waals surface area contributed by atoms with E-state index in [0.717, 1.165) is 24.8 Å². The molecular formula is C21H25NO6. The molecule has 0 amide bonds. The first-order valence-corrected chi connectivity index (χ1v) is 9.26. The molecule has 0 spiro atoms. The second-order valence-electron chi connectivity index (χ2n) is 7.02. The minimum absolute atomic E-state index is 0.0104. The number of carboxylic acid groups (broad SMARTS) is 1. The van der Waals surface area contributed by atoms with Gasteiger partial charge in [-0.15, -0.1) is 0 Å². The van der Waals surface area contributed by atoms with Crippen molar-refractivity contribution in [2.75, 3.05) is 13.2 Å². The summed E-state index contributed by atoms with van der Waals surface area (Å²) in [6, 6.07) is 10.6. The minimum Gasteiger partial charge on any atom is -0.508 e. The topological polar surface area (TPSA) is 119 Å². The van der Waals surface area contributed by atoms with Gasteiger partial charge in [-0.05, 0) is 60.2 Å². The third-order valence-electron chi connectivity index (χ3n) is 5.03. The predicted molar refractivity (Wildman–Crippen MR) is 102 cm³/mol. The highest BCUT2D eigenvalue weighted by Crippen LogP contribution is 2.27. The van der Waals surface area contributed by atoms with E-state index < -0.39 is 12.1 Å². The SMILES string of the molecule is O=C(O)COc1ccc2c(c1)CC(NCC(O)c1ccc(O)c(CO)c1)CC2. The number of benzene rings is 2. The fourth-order valence-electron chi connectivity index (χ4n) is 3.48. The van der Waals surface area contributed by atoms with Crippen molar-refractivity contribution >= 4 is 5.97 Å². The van der Waals surface area contributed by atoms with Crippen molar-refractivity contribution < 1.29 is 30.0 Å². The number of aliphatic carboxylic acids is 1. The molecule has 2 aromatic rings. The number of carbonyl (C=O) groups is 1. The van der Waals surface area contributed by atoms with E-state index >= 15 is 0 Å². The highest BCUT2D eigenvalue weighted by Gasteiger charge is 2.20. The van der Waals surface area contributed by atoms with Crippen molar-refractivity contribution in [1.82, 2.24) is 5.32 Å². The van der Waals surface area contributed by atoms with Gasteiger partial charge in [0.05, 0.1) is 12.7 Å². The molecule has 7 nitrogen and oxygen atoms in total. The first-order chi connectivity index (χ1) is 13.5. The maximum atomic E-state index is 10.7. The number of aromatic hydroxyl groups is 1. The van der Waals surface area contributed by atoms with E-state index in [9.17, 15) is 20.1 Å². The quantitative estimate of drug-likeness (QED) is 0.466. The zero-order valence-corrected chi connectivity index (χ0v) is 15.5. The molecule has 2 atom stereocenters. The lowest BCUT2D eigenvalue weighted by Gasteiger charge is -2.27. The Kier molecular flexibility index (Phi) is 6.51. The van der Waals surface area contributed by atoms with Gasteiger partial charge in [0, 0.05) is 18.2 Å². The van der Waals surface area contributed by atoms with Crippen LogP contribution in [0.2, 0.25) is 0 Å². The number of phenols is 1. The van der Waals surface area contributed by atoms with Crippen molar-refractivity contribution in [3.8, 4) is 11.5 Å². The summed E-state index contributed by atoms with van der Waals surface area (Å²) in [5.41, 5.74) is 3.37. The van der Waals surface area contributed by atoms with Crippen LogP contribution in [-0.2, 0) is 24.2 Å². The molecule has 0 fully saturated rings. The Morgan fingerprint density at radius 3 is 2.79 bits per heavy atom. The van der Waals surface area contributed by atoms with Gasteiger partial charge in [-0.1, -0.05) is 12.1 Å². The number of hydrogen-bond acceptors (Lipinski definition) is 6. The number of hydrogen-bond donors (Lipinski definition) is 5. The summed E-state index contributed by atoms with van der Waals surface area (Å²) in [6.45, 7) is -0.300. The Bertz CT molecular complexity index is 838. The van der Waals surface area contributed by atoms with Crippen LogP contribution in [-0.4, -0.2) is 45.6 Å². The second-order valence-corrected chi connectivity index (χ2v) is 7.02. The number of carboxylic acids is 1. The summed E-state index contributed by atoms with van der Waals surface area (Å²) >= 11 is 0. The van der Waals surface area contributed by atoms with E-state index in [2.05, 4.69) is 5.32 Å². The van der Waals surface area contributed by atoms with Crippen LogP contribution in [0.3, 0.4) is 0 Å². The number of nitrogens with one attached hydrogen (secondary N) is 1. The molecule has 0 saturated heterocycles. The van der Waals surface area contributed by atoms with Crippen molar-refractivity contribution in [3.63, 3.8) is 0 Å². The number of aliphatic hydroxyl groups is 2. The molecule has 0 aliphatic heterocycles. The fraction of sp³-hybridized carbons (Fsp3) is 0.381. The van der Waals surface area contributed by atoms with Gasteiger partial charge in [0.1, 0.15) is 11.5 Å². The lowest BCUT2D eigenvalue weighted by atomic mass is 9.88. The van der Waals surface area contributed by atoms with Gasteiger partial charge in [-0.3, -0.25) is 0 Å². The van der Waals surface area contributed by atoms with Crippen LogP contribution in [0.1, 0.15) is 34.8 Å². The maximum Gasteiger partial charge on any atom is 0.341 e. The van der Waals surface area contributed by atoms with E-state index in [1.54, 1.807) is 18.2 Å². The Balaban J connectivity index is 1.58.